The summed E-state index contributed by atoms with van der Waals surface area (Å²) in [6.45, 7) is 0. The lowest BCUT2D eigenvalue weighted by molar-refractivity contribution is -0.130. The lowest BCUT2D eigenvalue weighted by Gasteiger charge is -2.23. The van der Waals surface area contributed by atoms with Crippen LogP contribution in [0.1, 0.15) is 25.7 Å². The van der Waals surface area contributed by atoms with Gasteiger partial charge in [0.1, 0.15) is 6.04 Å². The SMILES string of the molecule is O=C(NC1CC1)C1CCC(=O)N1S(=O)(=O)c1ccccc1. The van der Waals surface area contributed by atoms with E-state index in [1.165, 1.54) is 12.1 Å². The van der Waals surface area contributed by atoms with Crippen LogP contribution in [0.15, 0.2) is 35.2 Å². The van der Waals surface area contributed by atoms with Crippen molar-refractivity contribution in [2.75, 3.05) is 0 Å². The Kier molecular flexibility index (Phi) is 3.44. The second kappa shape index (κ2) is 5.14. The Morgan fingerprint density at radius 2 is 1.81 bits per heavy atom. The fourth-order valence-electron chi connectivity index (χ4n) is 2.43. The molecule has 1 saturated heterocycles. The predicted molar refractivity (Wildman–Crippen MR) is 74.7 cm³/mol. The van der Waals surface area contributed by atoms with E-state index in [1.807, 2.05) is 0 Å². The molecule has 21 heavy (non-hydrogen) atoms. The number of amides is 2. The average Bonchev–Trinajstić information content (AvgIpc) is 3.19. The van der Waals surface area contributed by atoms with Gasteiger partial charge in [0.05, 0.1) is 4.90 Å². The first kappa shape index (κ1) is 14.1. The minimum absolute atomic E-state index is 0.0319. The van der Waals surface area contributed by atoms with Crippen LogP contribution in [0, 0.1) is 0 Å². The van der Waals surface area contributed by atoms with Gasteiger partial charge in [-0.25, -0.2) is 12.7 Å². The Morgan fingerprint density at radius 3 is 2.43 bits per heavy atom. The van der Waals surface area contributed by atoms with Gasteiger partial charge in [-0.2, -0.15) is 0 Å². The van der Waals surface area contributed by atoms with Gasteiger partial charge >= 0.3 is 0 Å². The van der Waals surface area contributed by atoms with E-state index in [0.717, 1.165) is 17.1 Å². The Morgan fingerprint density at radius 1 is 1.14 bits per heavy atom. The Bertz CT molecular complexity index is 667. The third kappa shape index (κ3) is 2.65. The highest BCUT2D eigenvalue weighted by atomic mass is 32.2. The Balaban J connectivity index is 1.90. The van der Waals surface area contributed by atoms with Crippen LogP contribution in [0.3, 0.4) is 0 Å². The number of hydrogen-bond donors (Lipinski definition) is 1. The topological polar surface area (TPSA) is 83.6 Å². The summed E-state index contributed by atoms with van der Waals surface area (Å²) in [7, 11) is -3.97. The Labute approximate surface area is 123 Å². The van der Waals surface area contributed by atoms with Crippen LogP contribution < -0.4 is 5.32 Å². The zero-order valence-corrected chi connectivity index (χ0v) is 12.2. The summed E-state index contributed by atoms with van der Waals surface area (Å²) in [6, 6.07) is 6.94. The van der Waals surface area contributed by atoms with E-state index in [9.17, 15) is 18.0 Å². The second-order valence-corrected chi connectivity index (χ2v) is 7.16. The van der Waals surface area contributed by atoms with Gasteiger partial charge in [0.15, 0.2) is 0 Å². The molecular formula is C14H16N2O4S. The first-order chi connectivity index (χ1) is 10.00. The maximum absolute atomic E-state index is 12.6. The smallest absolute Gasteiger partial charge is 0.267 e. The highest BCUT2D eigenvalue weighted by Crippen LogP contribution is 2.28. The zero-order valence-electron chi connectivity index (χ0n) is 11.4. The molecule has 1 aliphatic heterocycles. The van der Waals surface area contributed by atoms with Crippen LogP contribution >= 0.6 is 0 Å². The maximum Gasteiger partial charge on any atom is 0.267 e. The first-order valence-corrected chi connectivity index (χ1v) is 8.37. The molecule has 1 unspecified atom stereocenters. The first-order valence-electron chi connectivity index (χ1n) is 6.93. The number of rotatable bonds is 4. The molecule has 0 aromatic heterocycles. The van der Waals surface area contributed by atoms with Gasteiger partial charge in [-0.15, -0.1) is 0 Å². The summed E-state index contributed by atoms with van der Waals surface area (Å²) in [4.78, 5) is 24.2. The fraction of sp³-hybridized carbons (Fsp3) is 0.429. The van der Waals surface area contributed by atoms with Gasteiger partial charge in [-0.3, -0.25) is 9.59 Å². The van der Waals surface area contributed by atoms with Gasteiger partial charge in [0.25, 0.3) is 10.0 Å². The maximum atomic E-state index is 12.6. The molecule has 1 N–H and O–H groups in total. The molecule has 1 saturated carbocycles. The number of carbonyl (C=O) groups is 2. The van der Waals surface area contributed by atoms with Gasteiger partial charge < -0.3 is 5.32 Å². The van der Waals surface area contributed by atoms with Crippen molar-refractivity contribution in [2.24, 2.45) is 0 Å². The van der Waals surface area contributed by atoms with Crippen molar-refractivity contribution in [2.45, 2.75) is 42.7 Å². The molecule has 3 rings (SSSR count). The van der Waals surface area contributed by atoms with Crippen molar-refractivity contribution in [3.63, 3.8) is 0 Å². The van der Waals surface area contributed by atoms with Crippen molar-refractivity contribution in [3.8, 4) is 0 Å². The Hall–Kier alpha value is -1.89. The van der Waals surface area contributed by atoms with Crippen LogP contribution in [-0.4, -0.2) is 36.6 Å². The second-order valence-electron chi connectivity index (χ2n) is 5.34. The van der Waals surface area contributed by atoms with Crippen LogP contribution in [0.4, 0.5) is 0 Å². The van der Waals surface area contributed by atoms with Gasteiger partial charge in [0.2, 0.25) is 11.8 Å². The summed E-state index contributed by atoms with van der Waals surface area (Å²) in [6.07, 6.45) is 2.15. The van der Waals surface area contributed by atoms with Gasteiger partial charge in [-0.1, -0.05) is 18.2 Å². The average molecular weight is 308 g/mol. The highest BCUT2D eigenvalue weighted by molar-refractivity contribution is 7.89. The third-order valence-electron chi connectivity index (χ3n) is 3.69. The lowest BCUT2D eigenvalue weighted by Crippen LogP contribution is -2.47. The molecule has 1 aromatic carbocycles. The number of nitrogens with zero attached hydrogens (tertiary/aromatic N) is 1. The molecule has 6 nitrogen and oxygen atoms in total. The summed E-state index contributed by atoms with van der Waals surface area (Å²) in [5.41, 5.74) is 0. The van der Waals surface area contributed by atoms with E-state index < -0.39 is 22.0 Å². The minimum atomic E-state index is -3.97. The number of sulfonamides is 1. The summed E-state index contributed by atoms with van der Waals surface area (Å²) >= 11 is 0. The number of benzene rings is 1. The molecule has 2 aliphatic rings. The van der Waals surface area contributed by atoms with Crippen LogP contribution in [-0.2, 0) is 19.6 Å². The normalized spacial score (nSPS) is 22.4. The van der Waals surface area contributed by atoms with E-state index in [2.05, 4.69) is 5.32 Å². The van der Waals surface area contributed by atoms with Crippen molar-refractivity contribution in [1.29, 1.82) is 0 Å². The van der Waals surface area contributed by atoms with Crippen molar-refractivity contribution in [3.05, 3.63) is 30.3 Å². The van der Waals surface area contributed by atoms with E-state index in [4.69, 9.17) is 0 Å². The summed E-state index contributed by atoms with van der Waals surface area (Å²) < 4.78 is 25.9. The zero-order chi connectivity index (χ0) is 15.0. The largest absolute Gasteiger partial charge is 0.352 e. The number of hydrogen-bond acceptors (Lipinski definition) is 4. The highest BCUT2D eigenvalue weighted by Gasteiger charge is 2.45. The van der Waals surface area contributed by atoms with Crippen LogP contribution in [0.5, 0.6) is 0 Å². The fourth-order valence-corrected chi connectivity index (χ4v) is 4.06. The van der Waals surface area contributed by atoms with Crippen LogP contribution in [0.25, 0.3) is 0 Å². The molecule has 1 heterocycles. The van der Waals surface area contributed by atoms with Crippen molar-refractivity contribution < 1.29 is 18.0 Å². The van der Waals surface area contributed by atoms with Gasteiger partial charge in [0, 0.05) is 12.5 Å². The van der Waals surface area contributed by atoms with E-state index in [0.29, 0.717) is 0 Å². The van der Waals surface area contributed by atoms with Crippen molar-refractivity contribution in [1.82, 2.24) is 9.62 Å². The summed E-state index contributed by atoms with van der Waals surface area (Å²) in [5.74, 6) is -0.891. The molecule has 0 radical (unpaired) electrons. The third-order valence-corrected chi connectivity index (χ3v) is 5.53. The van der Waals surface area contributed by atoms with Crippen LogP contribution in [0.2, 0.25) is 0 Å². The molecular weight excluding hydrogens is 292 g/mol. The van der Waals surface area contributed by atoms with Gasteiger partial charge in [-0.05, 0) is 31.4 Å². The minimum Gasteiger partial charge on any atom is -0.352 e. The molecule has 0 spiro atoms. The number of carbonyl (C=O) groups excluding carboxylic acids is 2. The lowest BCUT2D eigenvalue weighted by atomic mass is 10.2. The standard InChI is InChI=1S/C14H16N2O4S/c17-13-9-8-12(14(18)15-10-6-7-10)16(13)21(19,20)11-4-2-1-3-5-11/h1-5,10,12H,6-9H2,(H,15,18). The molecule has 0 bridgehead atoms. The summed E-state index contributed by atoms with van der Waals surface area (Å²) in [5, 5.41) is 2.77. The monoisotopic (exact) mass is 308 g/mol. The molecule has 112 valence electrons. The molecule has 7 heteroatoms. The molecule has 1 atom stereocenters. The number of nitrogens with one attached hydrogen (secondary N) is 1. The van der Waals surface area contributed by atoms with Crippen molar-refractivity contribution >= 4 is 21.8 Å². The predicted octanol–water partition coefficient (Wildman–Crippen LogP) is 0.645. The van der Waals surface area contributed by atoms with E-state index in [1.54, 1.807) is 18.2 Å². The molecule has 1 aliphatic carbocycles. The molecule has 1 aromatic rings. The van der Waals surface area contributed by atoms with E-state index >= 15 is 0 Å². The van der Waals surface area contributed by atoms with E-state index in [-0.39, 0.29) is 29.7 Å². The molecule has 2 fully saturated rings. The molecule has 2 amide bonds. The quantitative estimate of drug-likeness (QED) is 0.885.